The van der Waals surface area contributed by atoms with Gasteiger partial charge in [-0.05, 0) is 19.1 Å². The molecule has 0 aliphatic heterocycles. The predicted octanol–water partition coefficient (Wildman–Crippen LogP) is 0.830. The minimum absolute atomic E-state index is 0.187. The van der Waals surface area contributed by atoms with Gasteiger partial charge in [0.2, 0.25) is 5.91 Å². The topological polar surface area (TPSA) is 60.9 Å². The Labute approximate surface area is 81.3 Å². The van der Waals surface area contributed by atoms with Crippen molar-refractivity contribution < 1.29 is 4.79 Å². The molecule has 2 aromatic rings. The zero-order valence-electron chi connectivity index (χ0n) is 7.90. The highest BCUT2D eigenvalue weighted by atomic mass is 16.1. The van der Waals surface area contributed by atoms with Crippen molar-refractivity contribution in [1.29, 1.82) is 0 Å². The number of para-hydroxylation sites is 2. The predicted molar refractivity (Wildman–Crippen MR) is 53.7 cm³/mol. The highest BCUT2D eigenvalue weighted by Crippen LogP contribution is 2.14. The van der Waals surface area contributed by atoms with E-state index >= 15 is 0 Å². The third-order valence-electron chi connectivity index (χ3n) is 2.16. The average Bonchev–Trinajstić information content (AvgIpc) is 2.43. The van der Waals surface area contributed by atoms with E-state index in [9.17, 15) is 4.79 Å². The number of imidazole rings is 1. The summed E-state index contributed by atoms with van der Waals surface area (Å²) in [5.74, 6) is 0.459. The molecule has 1 heterocycles. The number of nitrogens with zero attached hydrogens (tertiary/aromatic N) is 2. The Kier molecular flexibility index (Phi) is 1.96. The third kappa shape index (κ3) is 1.35. The average molecular weight is 189 g/mol. The second-order valence-electron chi connectivity index (χ2n) is 3.20. The van der Waals surface area contributed by atoms with Crippen molar-refractivity contribution in [2.24, 2.45) is 5.73 Å². The monoisotopic (exact) mass is 189 g/mol. The minimum atomic E-state index is -0.351. The number of carbonyl (C=O) groups excluding carboxylic acids is 1. The largest absolute Gasteiger partial charge is 0.368 e. The van der Waals surface area contributed by atoms with Gasteiger partial charge in [0.1, 0.15) is 12.4 Å². The molecule has 1 aromatic heterocycles. The fourth-order valence-corrected chi connectivity index (χ4v) is 1.55. The number of rotatable bonds is 2. The van der Waals surface area contributed by atoms with Gasteiger partial charge in [-0.1, -0.05) is 12.1 Å². The maximum Gasteiger partial charge on any atom is 0.237 e. The highest BCUT2D eigenvalue weighted by Gasteiger charge is 2.07. The van der Waals surface area contributed by atoms with Gasteiger partial charge in [-0.3, -0.25) is 4.79 Å². The van der Waals surface area contributed by atoms with Crippen LogP contribution in [0.3, 0.4) is 0 Å². The molecule has 4 nitrogen and oxygen atoms in total. The van der Waals surface area contributed by atoms with E-state index in [1.54, 1.807) is 0 Å². The fraction of sp³-hybridized carbons (Fsp3) is 0.200. The molecule has 2 rings (SSSR count). The number of primary amides is 1. The number of benzene rings is 1. The zero-order chi connectivity index (χ0) is 10.1. The smallest absolute Gasteiger partial charge is 0.237 e. The summed E-state index contributed by atoms with van der Waals surface area (Å²) >= 11 is 0. The van der Waals surface area contributed by atoms with Gasteiger partial charge in [0.05, 0.1) is 11.0 Å². The lowest BCUT2D eigenvalue weighted by atomic mass is 10.3. The molecule has 14 heavy (non-hydrogen) atoms. The molecule has 0 bridgehead atoms. The Morgan fingerprint density at radius 2 is 2.21 bits per heavy atom. The molecule has 1 amide bonds. The van der Waals surface area contributed by atoms with Crippen LogP contribution in [0.25, 0.3) is 11.0 Å². The van der Waals surface area contributed by atoms with E-state index in [4.69, 9.17) is 5.73 Å². The molecule has 0 aliphatic carbocycles. The van der Waals surface area contributed by atoms with Gasteiger partial charge in [0, 0.05) is 0 Å². The van der Waals surface area contributed by atoms with Gasteiger partial charge in [-0.2, -0.15) is 0 Å². The molecular weight excluding hydrogens is 178 g/mol. The Morgan fingerprint density at radius 1 is 1.50 bits per heavy atom. The molecule has 0 saturated carbocycles. The van der Waals surface area contributed by atoms with Crippen LogP contribution in [-0.2, 0) is 11.3 Å². The standard InChI is InChI=1S/C10H11N3O/c1-7-12-8-4-2-3-5-9(8)13(7)6-10(11)14/h2-5H,6H2,1H3,(H2,11,14). The summed E-state index contributed by atoms with van der Waals surface area (Å²) in [5, 5.41) is 0. The fourth-order valence-electron chi connectivity index (χ4n) is 1.55. The van der Waals surface area contributed by atoms with Gasteiger partial charge in [-0.15, -0.1) is 0 Å². The van der Waals surface area contributed by atoms with Gasteiger partial charge < -0.3 is 10.3 Å². The molecule has 1 aromatic carbocycles. The molecule has 2 N–H and O–H groups in total. The lowest BCUT2D eigenvalue weighted by molar-refractivity contribution is -0.118. The molecule has 0 spiro atoms. The third-order valence-corrected chi connectivity index (χ3v) is 2.16. The Bertz CT molecular complexity index is 487. The van der Waals surface area contributed by atoms with Gasteiger partial charge in [0.25, 0.3) is 0 Å². The lowest BCUT2D eigenvalue weighted by Crippen LogP contribution is -2.19. The van der Waals surface area contributed by atoms with Crippen LogP contribution in [0.2, 0.25) is 0 Å². The van der Waals surface area contributed by atoms with E-state index in [-0.39, 0.29) is 12.5 Å². The number of hydrogen-bond acceptors (Lipinski definition) is 2. The van der Waals surface area contributed by atoms with Gasteiger partial charge >= 0.3 is 0 Å². The molecular formula is C10H11N3O. The van der Waals surface area contributed by atoms with Crippen molar-refractivity contribution in [3.63, 3.8) is 0 Å². The van der Waals surface area contributed by atoms with Crippen LogP contribution in [0.1, 0.15) is 5.82 Å². The summed E-state index contributed by atoms with van der Waals surface area (Å²) in [6.07, 6.45) is 0. The molecule has 0 saturated heterocycles. The Balaban J connectivity index is 2.62. The van der Waals surface area contributed by atoms with Crippen molar-refractivity contribution in [2.75, 3.05) is 0 Å². The van der Waals surface area contributed by atoms with E-state index < -0.39 is 0 Å². The maximum absolute atomic E-state index is 10.8. The van der Waals surface area contributed by atoms with E-state index in [1.165, 1.54) is 0 Å². The first kappa shape index (κ1) is 8.74. The van der Waals surface area contributed by atoms with Crippen LogP contribution in [-0.4, -0.2) is 15.5 Å². The van der Waals surface area contributed by atoms with Crippen LogP contribution in [0, 0.1) is 6.92 Å². The van der Waals surface area contributed by atoms with E-state index in [2.05, 4.69) is 4.98 Å². The second kappa shape index (κ2) is 3.14. The molecule has 0 radical (unpaired) electrons. The van der Waals surface area contributed by atoms with E-state index in [0.717, 1.165) is 16.9 Å². The summed E-state index contributed by atoms with van der Waals surface area (Å²) in [6.45, 7) is 2.05. The van der Waals surface area contributed by atoms with E-state index in [0.29, 0.717) is 0 Å². The number of aryl methyl sites for hydroxylation is 1. The highest BCUT2D eigenvalue weighted by molar-refractivity contribution is 5.80. The van der Waals surface area contributed by atoms with Crippen LogP contribution in [0.15, 0.2) is 24.3 Å². The van der Waals surface area contributed by atoms with Crippen molar-refractivity contribution in [2.45, 2.75) is 13.5 Å². The summed E-state index contributed by atoms with van der Waals surface area (Å²) in [7, 11) is 0. The first-order chi connectivity index (χ1) is 6.68. The first-order valence-electron chi connectivity index (χ1n) is 4.38. The number of hydrogen-bond donors (Lipinski definition) is 1. The summed E-state index contributed by atoms with van der Waals surface area (Å²) in [5.41, 5.74) is 7.00. The molecule has 0 atom stereocenters. The normalized spacial score (nSPS) is 10.6. The molecule has 0 unspecified atom stereocenters. The maximum atomic E-state index is 10.8. The molecule has 0 aliphatic rings. The Morgan fingerprint density at radius 3 is 2.93 bits per heavy atom. The summed E-state index contributed by atoms with van der Waals surface area (Å²) in [4.78, 5) is 15.2. The summed E-state index contributed by atoms with van der Waals surface area (Å²) < 4.78 is 1.82. The number of fused-ring (bicyclic) bond motifs is 1. The van der Waals surface area contributed by atoms with Gasteiger partial charge in [0.15, 0.2) is 0 Å². The number of carbonyl (C=O) groups is 1. The molecule has 72 valence electrons. The van der Waals surface area contributed by atoms with Crippen LogP contribution >= 0.6 is 0 Å². The lowest BCUT2D eigenvalue weighted by Gasteiger charge is -2.02. The van der Waals surface area contributed by atoms with Crippen molar-refractivity contribution in [3.8, 4) is 0 Å². The van der Waals surface area contributed by atoms with Crippen molar-refractivity contribution in [1.82, 2.24) is 9.55 Å². The minimum Gasteiger partial charge on any atom is -0.368 e. The van der Waals surface area contributed by atoms with Crippen molar-refractivity contribution in [3.05, 3.63) is 30.1 Å². The molecule has 0 fully saturated rings. The number of nitrogens with two attached hydrogens (primary N) is 1. The number of amides is 1. The number of aromatic nitrogens is 2. The van der Waals surface area contributed by atoms with E-state index in [1.807, 2.05) is 35.8 Å². The van der Waals surface area contributed by atoms with Crippen LogP contribution in [0.5, 0.6) is 0 Å². The van der Waals surface area contributed by atoms with Crippen LogP contribution < -0.4 is 5.73 Å². The zero-order valence-corrected chi connectivity index (χ0v) is 7.90. The second-order valence-corrected chi connectivity index (χ2v) is 3.20. The summed E-state index contributed by atoms with van der Waals surface area (Å²) in [6, 6.07) is 7.68. The first-order valence-corrected chi connectivity index (χ1v) is 4.38. The SMILES string of the molecule is Cc1nc2ccccc2n1CC(N)=O. The Hall–Kier alpha value is -1.84. The van der Waals surface area contributed by atoms with Crippen molar-refractivity contribution >= 4 is 16.9 Å². The van der Waals surface area contributed by atoms with Gasteiger partial charge in [-0.25, -0.2) is 4.98 Å². The molecule has 4 heteroatoms. The quantitative estimate of drug-likeness (QED) is 0.760. The van der Waals surface area contributed by atoms with Crippen LogP contribution in [0.4, 0.5) is 0 Å².